The Labute approximate surface area is 188 Å². The molecule has 1 rings (SSSR count). The smallest absolute Gasteiger partial charge is 0.104 e. The molecule has 0 aromatic rings. The Morgan fingerprint density at radius 1 is 0.800 bits per heavy atom. The van der Waals surface area contributed by atoms with E-state index in [4.69, 9.17) is 14.2 Å². The summed E-state index contributed by atoms with van der Waals surface area (Å²) in [5.74, 6) is 0. The van der Waals surface area contributed by atoms with E-state index >= 15 is 0 Å². The van der Waals surface area contributed by atoms with Crippen molar-refractivity contribution in [3.8, 4) is 0 Å². The number of hydrogen-bond acceptors (Lipinski definition) is 5. The van der Waals surface area contributed by atoms with Crippen LogP contribution < -0.4 is 5.32 Å². The van der Waals surface area contributed by atoms with Gasteiger partial charge in [0.15, 0.2) is 0 Å². The average Bonchev–Trinajstić information content (AvgIpc) is 3.57. The van der Waals surface area contributed by atoms with Crippen molar-refractivity contribution in [2.24, 2.45) is 0 Å². The monoisotopic (exact) mass is 433 g/mol. The first-order valence-electron chi connectivity index (χ1n) is 12.7. The largest absolute Gasteiger partial charge is 0.391 e. The molecule has 184 valence electrons. The van der Waals surface area contributed by atoms with E-state index < -0.39 is 0 Å². The molecule has 2 N–H and O–H groups in total. The predicted molar refractivity (Wildman–Crippen MR) is 129 cm³/mol. The van der Waals surface area contributed by atoms with Gasteiger partial charge in [0.2, 0.25) is 0 Å². The third-order valence-electron chi connectivity index (χ3n) is 4.77. The van der Waals surface area contributed by atoms with E-state index in [9.17, 15) is 5.11 Å². The van der Waals surface area contributed by atoms with Crippen LogP contribution in [-0.2, 0) is 14.2 Å². The second kappa shape index (κ2) is 28.8. The predicted octanol–water partition coefficient (Wildman–Crippen LogP) is 5.73. The lowest BCUT2D eigenvalue weighted by atomic mass is 10.1. The van der Waals surface area contributed by atoms with Crippen molar-refractivity contribution in [3.63, 3.8) is 0 Å². The summed E-state index contributed by atoms with van der Waals surface area (Å²) in [4.78, 5) is 0. The third kappa shape index (κ3) is 32.5. The molecular weight excluding hydrogens is 378 g/mol. The van der Waals surface area contributed by atoms with Crippen molar-refractivity contribution >= 4 is 0 Å². The van der Waals surface area contributed by atoms with Crippen LogP contribution in [0, 0.1) is 0 Å². The molecule has 0 aromatic carbocycles. The molecule has 5 nitrogen and oxygen atoms in total. The van der Waals surface area contributed by atoms with Gasteiger partial charge in [0.05, 0.1) is 25.9 Å². The molecule has 1 saturated heterocycles. The zero-order valence-corrected chi connectivity index (χ0v) is 21.1. The molecule has 2 atom stereocenters. The summed E-state index contributed by atoms with van der Waals surface area (Å²) in [6.07, 6.45) is 16.7. The van der Waals surface area contributed by atoms with Crippen molar-refractivity contribution in [1.82, 2.24) is 5.32 Å². The average molecular weight is 434 g/mol. The Kier molecular flexibility index (Phi) is 30.7. The highest BCUT2D eigenvalue weighted by Gasteiger charge is 2.21. The number of epoxide rings is 1. The van der Waals surface area contributed by atoms with Gasteiger partial charge in [0.25, 0.3) is 0 Å². The van der Waals surface area contributed by atoms with Crippen molar-refractivity contribution in [3.05, 3.63) is 0 Å². The highest BCUT2D eigenvalue weighted by molar-refractivity contribution is 4.66. The second-order valence-corrected chi connectivity index (χ2v) is 8.20. The van der Waals surface area contributed by atoms with Crippen LogP contribution in [0.1, 0.15) is 104 Å². The van der Waals surface area contributed by atoms with Crippen molar-refractivity contribution in [2.45, 2.75) is 116 Å². The summed E-state index contributed by atoms with van der Waals surface area (Å²) < 4.78 is 15.8. The van der Waals surface area contributed by atoms with Crippen LogP contribution in [-0.4, -0.2) is 64.4 Å². The summed E-state index contributed by atoms with van der Waals surface area (Å²) in [7, 11) is 3.75. The molecule has 1 aliphatic heterocycles. The highest BCUT2D eigenvalue weighted by atomic mass is 16.6. The molecule has 1 heterocycles. The minimum Gasteiger partial charge on any atom is -0.391 e. The molecule has 0 unspecified atom stereocenters. The van der Waals surface area contributed by atoms with Gasteiger partial charge in [0, 0.05) is 13.2 Å². The van der Waals surface area contributed by atoms with Gasteiger partial charge in [-0.3, -0.25) is 0 Å². The zero-order valence-electron chi connectivity index (χ0n) is 21.1. The maximum atomic E-state index is 9.21. The van der Waals surface area contributed by atoms with Crippen LogP contribution in [0.25, 0.3) is 0 Å². The first-order valence-corrected chi connectivity index (χ1v) is 12.7. The third-order valence-corrected chi connectivity index (χ3v) is 4.77. The van der Waals surface area contributed by atoms with Gasteiger partial charge in [-0.25, -0.2) is 0 Å². The molecule has 5 heteroatoms. The van der Waals surface area contributed by atoms with Gasteiger partial charge < -0.3 is 24.6 Å². The van der Waals surface area contributed by atoms with E-state index in [-0.39, 0.29) is 6.10 Å². The number of hydrogen-bond donors (Lipinski definition) is 2. The van der Waals surface area contributed by atoms with E-state index in [0.717, 1.165) is 39.3 Å². The highest BCUT2D eigenvalue weighted by Crippen LogP contribution is 2.09. The number of rotatable bonds is 19. The fourth-order valence-corrected chi connectivity index (χ4v) is 2.69. The zero-order chi connectivity index (χ0) is 22.7. The van der Waals surface area contributed by atoms with Gasteiger partial charge in [-0.05, 0) is 33.4 Å². The maximum absolute atomic E-state index is 9.21. The van der Waals surface area contributed by atoms with Gasteiger partial charge in [-0.15, -0.1) is 0 Å². The van der Waals surface area contributed by atoms with E-state index in [1.54, 1.807) is 0 Å². The van der Waals surface area contributed by atoms with E-state index in [2.05, 4.69) is 19.2 Å². The number of aliphatic hydroxyl groups excluding tert-OH is 1. The summed E-state index contributed by atoms with van der Waals surface area (Å²) >= 11 is 0. The topological polar surface area (TPSA) is 63.2 Å². The van der Waals surface area contributed by atoms with E-state index in [1.807, 2.05) is 21.0 Å². The molecule has 0 saturated carbocycles. The fraction of sp³-hybridized carbons (Fsp3) is 1.00. The summed E-state index contributed by atoms with van der Waals surface area (Å²) in [5.41, 5.74) is 0. The number of nitrogens with one attached hydrogen (secondary N) is 1. The van der Waals surface area contributed by atoms with Gasteiger partial charge in [0.1, 0.15) is 6.10 Å². The lowest BCUT2D eigenvalue weighted by Gasteiger charge is -2.08. The minimum atomic E-state index is -0.268. The molecular formula is C25H55NO4. The number of aliphatic hydroxyl groups is 1. The lowest BCUT2D eigenvalue weighted by molar-refractivity contribution is 0.0335. The Balaban J connectivity index is 0. The van der Waals surface area contributed by atoms with Crippen LogP contribution >= 0.6 is 0 Å². The van der Waals surface area contributed by atoms with Crippen LogP contribution in [0.4, 0.5) is 0 Å². The van der Waals surface area contributed by atoms with E-state index in [1.165, 1.54) is 70.6 Å². The van der Waals surface area contributed by atoms with Gasteiger partial charge in [-0.2, -0.15) is 0 Å². The standard InChI is InChI=1S/C12H26O2.C11H22O2.C2H7N/c1-3-5-6-7-8-9-10-14-11-12(13)4-2;1-2-3-4-5-6-7-8-12-9-11-10-13-11;1-3-2/h12-13H,3-11H2,1-2H3;11H,2-10H2,1H3;3H,1-2H3/t12-;11-;/m01./s1. The molecule has 1 aliphatic rings. The molecule has 0 spiro atoms. The van der Waals surface area contributed by atoms with Crippen LogP contribution in [0.5, 0.6) is 0 Å². The van der Waals surface area contributed by atoms with Crippen molar-refractivity contribution in [2.75, 3.05) is 47.1 Å². The van der Waals surface area contributed by atoms with Crippen LogP contribution in [0.3, 0.4) is 0 Å². The van der Waals surface area contributed by atoms with Crippen molar-refractivity contribution in [1.29, 1.82) is 0 Å². The molecule has 0 aliphatic carbocycles. The normalized spacial score (nSPS) is 15.6. The molecule has 0 aromatic heterocycles. The SMILES string of the molecule is CCCCCCCCOC[C@@H](O)CC.CCCCCCCCOC[C@@H]1CO1.CNC. The summed E-state index contributed by atoms with van der Waals surface area (Å²) in [6, 6.07) is 0. The number of unbranched alkanes of at least 4 members (excludes halogenated alkanes) is 10. The van der Waals surface area contributed by atoms with Crippen molar-refractivity contribution < 1.29 is 19.3 Å². The Morgan fingerprint density at radius 2 is 1.23 bits per heavy atom. The maximum Gasteiger partial charge on any atom is 0.104 e. The minimum absolute atomic E-state index is 0.268. The van der Waals surface area contributed by atoms with Crippen LogP contribution in [0.15, 0.2) is 0 Å². The van der Waals surface area contributed by atoms with Gasteiger partial charge >= 0.3 is 0 Å². The molecule has 0 amide bonds. The number of ether oxygens (including phenoxy) is 3. The first kappa shape index (κ1) is 32.0. The molecule has 0 bridgehead atoms. The summed E-state index contributed by atoms with van der Waals surface area (Å²) in [6.45, 7) is 10.4. The second-order valence-electron chi connectivity index (χ2n) is 8.20. The quantitative estimate of drug-likeness (QED) is 0.201. The molecule has 1 fully saturated rings. The molecule has 30 heavy (non-hydrogen) atoms. The summed E-state index contributed by atoms with van der Waals surface area (Å²) in [5, 5.41) is 12.0. The first-order chi connectivity index (χ1) is 14.7. The van der Waals surface area contributed by atoms with E-state index in [0.29, 0.717) is 12.7 Å². The Morgan fingerprint density at radius 3 is 1.67 bits per heavy atom. The molecule has 0 radical (unpaired) electrons. The Bertz CT molecular complexity index is 288. The fourth-order valence-electron chi connectivity index (χ4n) is 2.69. The Hall–Kier alpha value is -0.200. The van der Waals surface area contributed by atoms with Gasteiger partial charge in [-0.1, -0.05) is 85.0 Å². The lowest BCUT2D eigenvalue weighted by Crippen LogP contribution is -2.14. The van der Waals surface area contributed by atoms with Crippen LogP contribution in [0.2, 0.25) is 0 Å².